The second-order valence-electron chi connectivity index (χ2n) is 5.34. The van der Waals surface area contributed by atoms with E-state index in [2.05, 4.69) is 31.1 Å². The van der Waals surface area contributed by atoms with Crippen LogP contribution in [0.25, 0.3) is 0 Å². The molecule has 100 valence electrons. The predicted molar refractivity (Wildman–Crippen MR) is 82.1 cm³/mol. The molecule has 1 heterocycles. The summed E-state index contributed by atoms with van der Waals surface area (Å²) in [6, 6.07) is 2.36. The number of hydrogen-bond donors (Lipinski definition) is 2. The monoisotopic (exact) mass is 265 g/mol. The molecule has 1 aromatic heterocycles. The number of pyridine rings is 1. The van der Waals surface area contributed by atoms with Gasteiger partial charge in [0, 0.05) is 11.7 Å². The van der Waals surface area contributed by atoms with E-state index in [0.29, 0.717) is 16.9 Å². The van der Waals surface area contributed by atoms with E-state index in [-0.39, 0.29) is 0 Å². The zero-order chi connectivity index (χ0) is 13.9. The highest BCUT2D eigenvalue weighted by molar-refractivity contribution is 7.80. The second-order valence-corrected chi connectivity index (χ2v) is 5.78. The molecule has 1 rings (SSSR count). The van der Waals surface area contributed by atoms with Crippen LogP contribution in [0.1, 0.15) is 44.0 Å². The van der Waals surface area contributed by atoms with Crippen molar-refractivity contribution < 1.29 is 0 Å². The van der Waals surface area contributed by atoms with E-state index in [9.17, 15) is 0 Å². The predicted octanol–water partition coefficient (Wildman–Crippen LogP) is 3.18. The first-order valence-electron chi connectivity index (χ1n) is 6.35. The van der Waals surface area contributed by atoms with E-state index >= 15 is 0 Å². The molecule has 4 heteroatoms. The van der Waals surface area contributed by atoms with Crippen LogP contribution in [0.3, 0.4) is 0 Å². The maximum Gasteiger partial charge on any atom is 0.136 e. The van der Waals surface area contributed by atoms with Crippen LogP contribution in [0.4, 0.5) is 5.82 Å². The van der Waals surface area contributed by atoms with Crippen molar-refractivity contribution in [1.29, 1.82) is 0 Å². The van der Waals surface area contributed by atoms with Crippen LogP contribution in [0.5, 0.6) is 0 Å². The lowest BCUT2D eigenvalue weighted by Crippen LogP contribution is -2.23. The Bertz CT molecular complexity index is 441. The molecule has 0 aromatic carbocycles. The molecule has 1 atom stereocenters. The Balaban J connectivity index is 3.03. The molecule has 3 nitrogen and oxygen atoms in total. The lowest BCUT2D eigenvalue weighted by Gasteiger charge is -2.20. The highest BCUT2D eigenvalue weighted by Gasteiger charge is 2.14. The Labute approximate surface area is 115 Å². The zero-order valence-electron chi connectivity index (χ0n) is 11.9. The molecule has 1 unspecified atom stereocenters. The minimum absolute atomic E-state index is 0.354. The number of thiocarbonyl (C=S) groups is 1. The molecule has 0 radical (unpaired) electrons. The van der Waals surface area contributed by atoms with Crippen LogP contribution in [0.2, 0.25) is 0 Å². The topological polar surface area (TPSA) is 50.9 Å². The molecular formula is C14H23N3S. The van der Waals surface area contributed by atoms with E-state index in [0.717, 1.165) is 29.1 Å². The van der Waals surface area contributed by atoms with Gasteiger partial charge in [-0.15, -0.1) is 0 Å². The SMILES string of the molecule is Cc1cc(C)c(C(N)=S)c(NC(C)CC(C)C)n1. The van der Waals surface area contributed by atoms with E-state index in [1.807, 2.05) is 19.9 Å². The molecule has 3 N–H and O–H groups in total. The van der Waals surface area contributed by atoms with Crippen LogP contribution < -0.4 is 11.1 Å². The number of nitrogens with two attached hydrogens (primary N) is 1. The van der Waals surface area contributed by atoms with E-state index in [1.54, 1.807) is 0 Å². The van der Waals surface area contributed by atoms with Crippen molar-refractivity contribution in [2.24, 2.45) is 11.7 Å². The van der Waals surface area contributed by atoms with Crippen molar-refractivity contribution in [3.05, 3.63) is 22.9 Å². The minimum Gasteiger partial charge on any atom is -0.389 e. The second kappa shape index (κ2) is 6.14. The van der Waals surface area contributed by atoms with Crippen molar-refractivity contribution in [2.45, 2.75) is 47.1 Å². The lowest BCUT2D eigenvalue weighted by molar-refractivity contribution is 0.538. The van der Waals surface area contributed by atoms with Crippen LogP contribution in [-0.4, -0.2) is 16.0 Å². The fourth-order valence-electron chi connectivity index (χ4n) is 2.25. The Morgan fingerprint density at radius 1 is 1.39 bits per heavy atom. The minimum atomic E-state index is 0.354. The Morgan fingerprint density at radius 3 is 2.50 bits per heavy atom. The fourth-order valence-corrected chi connectivity index (χ4v) is 2.51. The van der Waals surface area contributed by atoms with Crippen molar-refractivity contribution in [3.63, 3.8) is 0 Å². The van der Waals surface area contributed by atoms with Gasteiger partial charge in [0.05, 0.1) is 5.56 Å². The molecule has 0 aliphatic carbocycles. The number of aryl methyl sites for hydroxylation is 2. The summed E-state index contributed by atoms with van der Waals surface area (Å²) in [6.07, 6.45) is 1.09. The van der Waals surface area contributed by atoms with Gasteiger partial charge in [-0.1, -0.05) is 26.1 Å². The molecule has 0 saturated carbocycles. The summed E-state index contributed by atoms with van der Waals surface area (Å²) in [7, 11) is 0. The zero-order valence-corrected chi connectivity index (χ0v) is 12.7. The summed E-state index contributed by atoms with van der Waals surface area (Å²) in [4.78, 5) is 4.93. The fraction of sp³-hybridized carbons (Fsp3) is 0.571. The molecule has 18 heavy (non-hydrogen) atoms. The van der Waals surface area contributed by atoms with Gasteiger partial charge in [0.2, 0.25) is 0 Å². The molecule has 0 fully saturated rings. The summed E-state index contributed by atoms with van der Waals surface area (Å²) < 4.78 is 0. The van der Waals surface area contributed by atoms with E-state index in [4.69, 9.17) is 18.0 Å². The number of anilines is 1. The van der Waals surface area contributed by atoms with Gasteiger partial charge in [-0.05, 0) is 44.7 Å². The Hall–Kier alpha value is -1.16. The molecular weight excluding hydrogens is 242 g/mol. The molecule has 0 amide bonds. The molecule has 0 aliphatic heterocycles. The molecule has 0 saturated heterocycles. The number of rotatable bonds is 5. The third-order valence-corrected chi connectivity index (χ3v) is 3.00. The molecule has 0 spiro atoms. The van der Waals surface area contributed by atoms with Gasteiger partial charge in [-0.2, -0.15) is 0 Å². The first-order valence-corrected chi connectivity index (χ1v) is 6.76. The first kappa shape index (κ1) is 14.9. The van der Waals surface area contributed by atoms with Crippen LogP contribution >= 0.6 is 12.2 Å². The molecule has 0 aliphatic rings. The number of aromatic nitrogens is 1. The van der Waals surface area contributed by atoms with Gasteiger partial charge < -0.3 is 11.1 Å². The van der Waals surface area contributed by atoms with Gasteiger partial charge in [0.25, 0.3) is 0 Å². The number of hydrogen-bond acceptors (Lipinski definition) is 3. The standard InChI is InChI=1S/C14H23N3S/c1-8(2)6-10(4)16-14-12(13(15)18)9(3)7-11(5)17-14/h7-8,10H,6H2,1-5H3,(H2,15,18)(H,16,17). The highest BCUT2D eigenvalue weighted by Crippen LogP contribution is 2.20. The summed E-state index contributed by atoms with van der Waals surface area (Å²) in [5, 5.41) is 3.43. The quantitative estimate of drug-likeness (QED) is 0.803. The van der Waals surface area contributed by atoms with Crippen molar-refractivity contribution in [2.75, 3.05) is 5.32 Å². The normalized spacial score (nSPS) is 12.6. The van der Waals surface area contributed by atoms with Crippen LogP contribution in [-0.2, 0) is 0 Å². The van der Waals surface area contributed by atoms with Gasteiger partial charge in [-0.3, -0.25) is 0 Å². The van der Waals surface area contributed by atoms with Crippen LogP contribution in [0, 0.1) is 19.8 Å². The van der Waals surface area contributed by atoms with Crippen molar-refractivity contribution in [1.82, 2.24) is 4.98 Å². The number of nitrogens with zero attached hydrogens (tertiary/aromatic N) is 1. The maximum absolute atomic E-state index is 5.79. The van der Waals surface area contributed by atoms with Gasteiger partial charge in [-0.25, -0.2) is 4.98 Å². The van der Waals surface area contributed by atoms with Crippen molar-refractivity contribution in [3.8, 4) is 0 Å². The average molecular weight is 265 g/mol. The summed E-state index contributed by atoms with van der Waals surface area (Å²) >= 11 is 5.12. The van der Waals surface area contributed by atoms with Gasteiger partial charge in [0.1, 0.15) is 10.8 Å². The third-order valence-electron chi connectivity index (χ3n) is 2.80. The van der Waals surface area contributed by atoms with E-state index < -0.39 is 0 Å². The smallest absolute Gasteiger partial charge is 0.136 e. The lowest BCUT2D eigenvalue weighted by atomic mass is 10.0. The summed E-state index contributed by atoms with van der Waals surface area (Å²) in [5.41, 5.74) is 8.72. The van der Waals surface area contributed by atoms with Crippen molar-refractivity contribution >= 4 is 23.0 Å². The first-order chi connectivity index (χ1) is 8.31. The van der Waals surface area contributed by atoms with Gasteiger partial charge >= 0.3 is 0 Å². The highest BCUT2D eigenvalue weighted by atomic mass is 32.1. The third kappa shape index (κ3) is 3.95. The van der Waals surface area contributed by atoms with Crippen LogP contribution in [0.15, 0.2) is 6.07 Å². The summed E-state index contributed by atoms with van der Waals surface area (Å²) in [5.74, 6) is 1.46. The maximum atomic E-state index is 5.79. The molecule has 1 aromatic rings. The largest absolute Gasteiger partial charge is 0.389 e. The summed E-state index contributed by atoms with van der Waals surface area (Å²) in [6.45, 7) is 10.6. The van der Waals surface area contributed by atoms with Gasteiger partial charge in [0.15, 0.2) is 0 Å². The molecule has 0 bridgehead atoms. The van der Waals surface area contributed by atoms with E-state index in [1.165, 1.54) is 0 Å². The Morgan fingerprint density at radius 2 is 2.00 bits per heavy atom. The average Bonchev–Trinajstić information content (AvgIpc) is 2.12. The Kier molecular flexibility index (Phi) is 5.08. The number of nitrogens with one attached hydrogen (secondary N) is 1.